The van der Waals surface area contributed by atoms with Crippen LogP contribution in [0.25, 0.3) is 16.9 Å². The van der Waals surface area contributed by atoms with Crippen molar-refractivity contribution in [2.24, 2.45) is 0 Å². The highest BCUT2D eigenvalue weighted by Gasteiger charge is 2.31. The molecule has 0 fully saturated rings. The average Bonchev–Trinajstić information content (AvgIpc) is 3.41. The molecule has 2 aromatic carbocycles. The van der Waals surface area contributed by atoms with Crippen molar-refractivity contribution in [1.82, 2.24) is 24.5 Å². The number of aromatic nitrogens is 5. The highest BCUT2D eigenvalue weighted by atomic mass is 19.4. The fraction of sp³-hybridized carbons (Fsp3) is 0.167. The van der Waals surface area contributed by atoms with E-state index in [9.17, 15) is 18.0 Å². The van der Waals surface area contributed by atoms with E-state index in [1.165, 1.54) is 10.9 Å². The van der Waals surface area contributed by atoms with Crippen LogP contribution in [0.2, 0.25) is 0 Å². The molecule has 0 aliphatic rings. The number of aliphatic hydroxyl groups is 1. The Balaban J connectivity index is 0.00000189. The number of benzene rings is 2. The van der Waals surface area contributed by atoms with E-state index in [4.69, 9.17) is 5.11 Å². The van der Waals surface area contributed by atoms with Crippen molar-refractivity contribution >= 4 is 17.4 Å². The van der Waals surface area contributed by atoms with Crippen LogP contribution in [0.3, 0.4) is 0 Å². The van der Waals surface area contributed by atoms with Gasteiger partial charge in [-0.25, -0.2) is 15.0 Å². The molecule has 5 aromatic rings. The number of Topliss-reactive ketones (excluding diaryl/α,β-unsaturated/α-hetero) is 1. The van der Waals surface area contributed by atoms with Crippen molar-refractivity contribution in [3.05, 3.63) is 114 Å². The van der Waals surface area contributed by atoms with E-state index < -0.39 is 11.7 Å². The molecule has 0 saturated heterocycles. The summed E-state index contributed by atoms with van der Waals surface area (Å²) >= 11 is 0. The zero-order chi connectivity index (χ0) is 29.6. The number of hydrogen-bond donors (Lipinski definition) is 2. The molecule has 2 N–H and O–H groups in total. The Morgan fingerprint density at radius 3 is 2.49 bits per heavy atom. The topological polar surface area (TPSA) is 106 Å². The SMILES string of the molecule is CO.Cc1cn(-c2cc(CC(=O)c3ccc(C)c(Nc4nccc(-c5cccnc5)n4)c3)cc(C(F)(F)F)c2)cn1. The number of imidazole rings is 1. The smallest absolute Gasteiger partial charge is 0.400 e. The number of nitrogens with zero attached hydrogens (tertiary/aromatic N) is 5. The van der Waals surface area contributed by atoms with Gasteiger partial charge in [0.05, 0.1) is 23.3 Å². The number of rotatable bonds is 7. The lowest BCUT2D eigenvalue weighted by molar-refractivity contribution is -0.137. The Bertz CT molecular complexity index is 1650. The van der Waals surface area contributed by atoms with Gasteiger partial charge in [0.15, 0.2) is 5.78 Å². The second-order valence-electron chi connectivity index (χ2n) is 9.07. The van der Waals surface area contributed by atoms with Crippen LogP contribution in [0, 0.1) is 13.8 Å². The standard InChI is InChI=1S/C29H23F3N6O.CH4O/c1-18-5-6-21(13-26(18)37-28-34-9-7-25(36-28)22-4-3-8-33-15-22)27(39)12-20-10-23(29(30,31)32)14-24(11-20)38-16-19(2)35-17-38;1-2/h3-11,13-17H,12H2,1-2H3,(H,34,36,37);2H,1H3. The van der Waals surface area contributed by atoms with Crippen LogP contribution in [0.5, 0.6) is 0 Å². The normalized spacial score (nSPS) is 11.0. The van der Waals surface area contributed by atoms with Gasteiger partial charge >= 0.3 is 6.18 Å². The van der Waals surface area contributed by atoms with Crippen molar-refractivity contribution in [2.75, 3.05) is 12.4 Å². The molecule has 0 amide bonds. The molecule has 0 atom stereocenters. The number of carbonyl (C=O) groups excluding carboxylic acids is 1. The van der Waals surface area contributed by atoms with E-state index >= 15 is 0 Å². The maximum absolute atomic E-state index is 13.6. The second-order valence-corrected chi connectivity index (χ2v) is 9.07. The molecule has 0 bridgehead atoms. The lowest BCUT2D eigenvalue weighted by Crippen LogP contribution is -2.10. The number of alkyl halides is 3. The van der Waals surface area contributed by atoms with E-state index in [1.807, 2.05) is 19.1 Å². The molecule has 5 rings (SSSR count). The molecule has 41 heavy (non-hydrogen) atoms. The van der Waals surface area contributed by atoms with E-state index in [2.05, 4.69) is 25.3 Å². The lowest BCUT2D eigenvalue weighted by Gasteiger charge is -2.13. The number of pyridine rings is 1. The van der Waals surface area contributed by atoms with E-state index in [0.717, 1.165) is 30.4 Å². The first-order valence-corrected chi connectivity index (χ1v) is 12.5. The van der Waals surface area contributed by atoms with Crippen LogP contribution in [-0.4, -0.2) is 42.5 Å². The first-order valence-electron chi connectivity index (χ1n) is 12.5. The number of anilines is 2. The van der Waals surface area contributed by atoms with Crippen LogP contribution >= 0.6 is 0 Å². The largest absolute Gasteiger partial charge is 0.416 e. The highest BCUT2D eigenvalue weighted by molar-refractivity contribution is 5.98. The fourth-order valence-electron chi connectivity index (χ4n) is 4.08. The van der Waals surface area contributed by atoms with Crippen molar-refractivity contribution in [3.63, 3.8) is 0 Å². The number of aryl methyl sites for hydroxylation is 2. The number of hydrogen-bond acceptors (Lipinski definition) is 7. The van der Waals surface area contributed by atoms with Crippen LogP contribution < -0.4 is 5.32 Å². The van der Waals surface area contributed by atoms with Gasteiger partial charge in [0, 0.05) is 60.8 Å². The monoisotopic (exact) mass is 560 g/mol. The van der Waals surface area contributed by atoms with E-state index in [-0.39, 0.29) is 23.5 Å². The summed E-state index contributed by atoms with van der Waals surface area (Å²) < 4.78 is 42.4. The van der Waals surface area contributed by atoms with Crippen LogP contribution in [0.1, 0.15) is 32.7 Å². The van der Waals surface area contributed by atoms with E-state index in [1.54, 1.807) is 62.0 Å². The minimum Gasteiger partial charge on any atom is -0.400 e. The third-order valence-electron chi connectivity index (χ3n) is 6.10. The number of halogens is 3. The molecule has 0 radical (unpaired) electrons. The second kappa shape index (κ2) is 12.5. The summed E-state index contributed by atoms with van der Waals surface area (Å²) in [4.78, 5) is 30.2. The third kappa shape index (κ3) is 7.20. The lowest BCUT2D eigenvalue weighted by atomic mass is 9.99. The maximum Gasteiger partial charge on any atom is 0.416 e. The Morgan fingerprint density at radius 2 is 1.80 bits per heavy atom. The number of aliphatic hydroxyl groups excluding tert-OH is 1. The number of nitrogens with one attached hydrogen (secondary N) is 1. The molecule has 3 heterocycles. The van der Waals surface area contributed by atoms with Crippen molar-refractivity contribution in [3.8, 4) is 16.9 Å². The zero-order valence-corrected chi connectivity index (χ0v) is 22.5. The zero-order valence-electron chi connectivity index (χ0n) is 22.5. The van der Waals surface area contributed by atoms with Crippen LogP contribution in [0.4, 0.5) is 24.8 Å². The molecule has 0 spiro atoms. The fourth-order valence-corrected chi connectivity index (χ4v) is 4.08. The summed E-state index contributed by atoms with van der Waals surface area (Å²) in [5, 5.41) is 10.1. The summed E-state index contributed by atoms with van der Waals surface area (Å²) in [6.45, 7) is 3.62. The van der Waals surface area contributed by atoms with Gasteiger partial charge in [0.1, 0.15) is 0 Å². The summed E-state index contributed by atoms with van der Waals surface area (Å²) in [6.07, 6.45) is 3.30. The molecular formula is C30H27F3N6O2. The molecule has 3 aromatic heterocycles. The van der Waals surface area contributed by atoms with Gasteiger partial charge in [0.2, 0.25) is 5.95 Å². The predicted octanol–water partition coefficient (Wildman–Crippen LogP) is 6.14. The Morgan fingerprint density at radius 1 is 1.00 bits per heavy atom. The highest BCUT2D eigenvalue weighted by Crippen LogP contribution is 2.32. The Hall–Kier alpha value is -4.90. The van der Waals surface area contributed by atoms with Crippen LogP contribution in [0.15, 0.2) is 85.7 Å². The predicted molar refractivity (Wildman–Crippen MR) is 149 cm³/mol. The van der Waals surface area contributed by atoms with Crippen molar-refractivity contribution in [1.29, 1.82) is 0 Å². The van der Waals surface area contributed by atoms with Gasteiger partial charge in [0.25, 0.3) is 0 Å². The first-order chi connectivity index (χ1) is 19.7. The molecule has 210 valence electrons. The molecular weight excluding hydrogens is 533 g/mol. The number of ketones is 1. The minimum absolute atomic E-state index is 0.208. The van der Waals surface area contributed by atoms with Gasteiger partial charge in [-0.1, -0.05) is 12.1 Å². The molecule has 0 aliphatic carbocycles. The summed E-state index contributed by atoms with van der Waals surface area (Å²) in [6, 6.07) is 14.2. The Kier molecular flexibility index (Phi) is 8.88. The third-order valence-corrected chi connectivity index (χ3v) is 6.10. The molecule has 8 nitrogen and oxygen atoms in total. The molecule has 0 unspecified atom stereocenters. The molecule has 11 heteroatoms. The molecule has 0 saturated carbocycles. The quantitative estimate of drug-likeness (QED) is 0.231. The van der Waals surface area contributed by atoms with Gasteiger partial charge in [-0.3, -0.25) is 9.78 Å². The van der Waals surface area contributed by atoms with Crippen molar-refractivity contribution < 1.29 is 23.1 Å². The van der Waals surface area contributed by atoms with Gasteiger partial charge in [-0.05, 0) is 67.4 Å². The van der Waals surface area contributed by atoms with Crippen LogP contribution in [-0.2, 0) is 12.6 Å². The Labute approximate surface area is 234 Å². The minimum atomic E-state index is -4.56. The molecule has 0 aliphatic heterocycles. The summed E-state index contributed by atoms with van der Waals surface area (Å²) in [7, 11) is 1.00. The van der Waals surface area contributed by atoms with Crippen molar-refractivity contribution in [2.45, 2.75) is 26.4 Å². The summed E-state index contributed by atoms with van der Waals surface area (Å²) in [5.41, 5.74) is 3.69. The number of carbonyl (C=O) groups is 1. The van der Waals surface area contributed by atoms with Gasteiger partial charge < -0.3 is 15.0 Å². The first kappa shape index (κ1) is 29.1. The van der Waals surface area contributed by atoms with E-state index in [0.29, 0.717) is 28.6 Å². The average molecular weight is 561 g/mol. The maximum atomic E-state index is 13.6. The van der Waals surface area contributed by atoms with Gasteiger partial charge in [-0.15, -0.1) is 0 Å². The van der Waals surface area contributed by atoms with Gasteiger partial charge in [-0.2, -0.15) is 13.2 Å². The summed E-state index contributed by atoms with van der Waals surface area (Å²) in [5.74, 6) is 0.0114.